The monoisotopic (exact) mass is 360 g/mol. The molecule has 0 aromatic heterocycles. The number of hydrogen-bond donors (Lipinski definition) is 0. The number of alkyl halides is 1. The SMILES string of the molecule is CC1CC2CC(C1)CC(C)(COC(=O)OCCCCBr)C2. The second-order valence-electron chi connectivity index (χ2n) is 7.55. The summed E-state index contributed by atoms with van der Waals surface area (Å²) in [4.78, 5) is 11.6. The Kier molecular flexibility index (Phi) is 6.39. The predicted molar refractivity (Wildman–Crippen MR) is 87.7 cm³/mol. The van der Waals surface area contributed by atoms with E-state index in [2.05, 4.69) is 29.8 Å². The van der Waals surface area contributed by atoms with E-state index in [1.165, 1.54) is 32.1 Å². The first-order valence-electron chi connectivity index (χ1n) is 8.36. The number of rotatable bonds is 6. The molecule has 2 unspecified atom stereocenters. The van der Waals surface area contributed by atoms with Gasteiger partial charge >= 0.3 is 6.16 Å². The van der Waals surface area contributed by atoms with Crippen molar-refractivity contribution in [1.82, 2.24) is 0 Å². The van der Waals surface area contributed by atoms with E-state index < -0.39 is 6.16 Å². The van der Waals surface area contributed by atoms with Crippen LogP contribution in [0.25, 0.3) is 0 Å². The van der Waals surface area contributed by atoms with Gasteiger partial charge in [0.25, 0.3) is 0 Å². The molecule has 0 N–H and O–H groups in total. The Morgan fingerprint density at radius 2 is 1.81 bits per heavy atom. The molecular weight excluding hydrogens is 332 g/mol. The molecule has 0 heterocycles. The Hall–Kier alpha value is -0.250. The highest BCUT2D eigenvalue weighted by molar-refractivity contribution is 9.09. The number of carbonyl (C=O) groups is 1. The van der Waals surface area contributed by atoms with Crippen molar-refractivity contribution in [1.29, 1.82) is 0 Å². The van der Waals surface area contributed by atoms with Gasteiger partial charge in [-0.3, -0.25) is 0 Å². The lowest BCUT2D eigenvalue weighted by molar-refractivity contribution is -0.0220. The Morgan fingerprint density at radius 3 is 2.43 bits per heavy atom. The van der Waals surface area contributed by atoms with E-state index in [1.54, 1.807) is 0 Å². The lowest BCUT2D eigenvalue weighted by Gasteiger charge is -2.46. The van der Waals surface area contributed by atoms with Crippen molar-refractivity contribution in [3.63, 3.8) is 0 Å². The number of carbonyl (C=O) groups excluding carboxylic acids is 1. The van der Waals surface area contributed by atoms with Crippen molar-refractivity contribution in [2.75, 3.05) is 18.5 Å². The molecule has 2 atom stereocenters. The van der Waals surface area contributed by atoms with Crippen LogP contribution >= 0.6 is 15.9 Å². The van der Waals surface area contributed by atoms with Gasteiger partial charge in [0.1, 0.15) is 6.61 Å². The summed E-state index contributed by atoms with van der Waals surface area (Å²) in [6.07, 6.45) is 7.90. The topological polar surface area (TPSA) is 35.5 Å². The van der Waals surface area contributed by atoms with Crippen molar-refractivity contribution >= 4 is 22.1 Å². The Balaban J connectivity index is 1.71. The van der Waals surface area contributed by atoms with Crippen molar-refractivity contribution in [2.45, 2.75) is 58.8 Å². The molecule has 2 aliphatic carbocycles. The quantitative estimate of drug-likeness (QED) is 0.372. The molecule has 3 nitrogen and oxygen atoms in total. The lowest BCUT2D eigenvalue weighted by atomic mass is 9.60. The standard InChI is InChI=1S/C17H29BrO3/c1-13-7-14-9-15(8-13)11-17(2,10-14)12-21-16(19)20-6-4-3-5-18/h13-15H,3-12H2,1-2H3. The van der Waals surface area contributed by atoms with Crippen molar-refractivity contribution in [3.8, 4) is 0 Å². The zero-order valence-electron chi connectivity index (χ0n) is 13.4. The highest BCUT2D eigenvalue weighted by atomic mass is 79.9. The summed E-state index contributed by atoms with van der Waals surface area (Å²) >= 11 is 3.36. The maximum atomic E-state index is 11.6. The van der Waals surface area contributed by atoms with Gasteiger partial charge in [0.15, 0.2) is 0 Å². The third-order valence-electron chi connectivity index (χ3n) is 4.99. The van der Waals surface area contributed by atoms with E-state index in [0.29, 0.717) is 13.2 Å². The first-order chi connectivity index (χ1) is 10.0. The zero-order chi connectivity index (χ0) is 15.3. The van der Waals surface area contributed by atoms with Crippen LogP contribution in [0.5, 0.6) is 0 Å². The summed E-state index contributed by atoms with van der Waals surface area (Å²) in [5, 5.41) is 0.949. The fourth-order valence-electron chi connectivity index (χ4n) is 4.45. The van der Waals surface area contributed by atoms with Gasteiger partial charge in [-0.1, -0.05) is 29.8 Å². The summed E-state index contributed by atoms with van der Waals surface area (Å²) in [5.41, 5.74) is 0.155. The molecule has 2 bridgehead atoms. The smallest absolute Gasteiger partial charge is 0.434 e. The minimum Gasteiger partial charge on any atom is -0.434 e. The van der Waals surface area contributed by atoms with Gasteiger partial charge in [-0.25, -0.2) is 4.79 Å². The molecule has 0 spiro atoms. The minimum absolute atomic E-state index is 0.155. The molecule has 2 saturated carbocycles. The van der Waals surface area contributed by atoms with Crippen LogP contribution in [0.1, 0.15) is 58.8 Å². The molecule has 0 aliphatic heterocycles. The van der Waals surface area contributed by atoms with E-state index in [1.807, 2.05) is 0 Å². The number of unbranched alkanes of at least 4 members (excludes halogenated alkanes) is 1. The molecule has 2 rings (SSSR count). The number of hydrogen-bond acceptors (Lipinski definition) is 3. The highest BCUT2D eigenvalue weighted by Gasteiger charge is 2.41. The summed E-state index contributed by atoms with van der Waals surface area (Å²) in [6, 6.07) is 0. The van der Waals surface area contributed by atoms with E-state index in [9.17, 15) is 4.79 Å². The van der Waals surface area contributed by atoms with E-state index in [4.69, 9.17) is 9.47 Å². The highest BCUT2D eigenvalue weighted by Crippen LogP contribution is 2.50. The van der Waals surface area contributed by atoms with Gasteiger partial charge in [0, 0.05) is 10.7 Å². The molecule has 0 aromatic rings. The van der Waals surface area contributed by atoms with Crippen LogP contribution < -0.4 is 0 Å². The molecule has 0 amide bonds. The van der Waals surface area contributed by atoms with Gasteiger partial charge in [-0.2, -0.15) is 0 Å². The van der Waals surface area contributed by atoms with Gasteiger partial charge in [-0.15, -0.1) is 0 Å². The number of fused-ring (bicyclic) bond motifs is 2. The first kappa shape index (κ1) is 17.1. The number of ether oxygens (including phenoxy) is 2. The van der Waals surface area contributed by atoms with Crippen LogP contribution in [0.4, 0.5) is 4.79 Å². The number of halogens is 1. The van der Waals surface area contributed by atoms with Gasteiger partial charge in [-0.05, 0) is 62.7 Å². The second kappa shape index (κ2) is 7.85. The van der Waals surface area contributed by atoms with E-state index in [0.717, 1.165) is 35.9 Å². The average Bonchev–Trinajstić information content (AvgIpc) is 2.40. The van der Waals surface area contributed by atoms with E-state index in [-0.39, 0.29) is 5.41 Å². The third-order valence-corrected chi connectivity index (χ3v) is 5.55. The molecule has 2 fully saturated rings. The fourth-order valence-corrected chi connectivity index (χ4v) is 4.85. The first-order valence-corrected chi connectivity index (χ1v) is 9.48. The van der Waals surface area contributed by atoms with Crippen molar-refractivity contribution in [2.24, 2.45) is 23.2 Å². The normalized spacial score (nSPS) is 35.3. The van der Waals surface area contributed by atoms with Gasteiger partial charge in [0.05, 0.1) is 6.61 Å². The lowest BCUT2D eigenvalue weighted by Crippen LogP contribution is -2.39. The van der Waals surface area contributed by atoms with Crippen LogP contribution in [-0.4, -0.2) is 24.7 Å². The summed E-state index contributed by atoms with van der Waals surface area (Å²) in [7, 11) is 0. The maximum absolute atomic E-state index is 11.6. The summed E-state index contributed by atoms with van der Waals surface area (Å²) in [6.45, 7) is 5.64. The second-order valence-corrected chi connectivity index (χ2v) is 8.34. The van der Waals surface area contributed by atoms with E-state index >= 15 is 0 Å². The molecule has 4 heteroatoms. The molecule has 21 heavy (non-hydrogen) atoms. The van der Waals surface area contributed by atoms with Crippen LogP contribution in [0.15, 0.2) is 0 Å². The molecule has 2 aliphatic rings. The summed E-state index contributed by atoms with van der Waals surface area (Å²) in [5.74, 6) is 2.53. The minimum atomic E-state index is -0.491. The van der Waals surface area contributed by atoms with Gasteiger partial charge in [0.2, 0.25) is 0 Å². The van der Waals surface area contributed by atoms with Crippen molar-refractivity contribution < 1.29 is 14.3 Å². The molecule has 122 valence electrons. The van der Waals surface area contributed by atoms with Crippen LogP contribution in [-0.2, 0) is 9.47 Å². The average molecular weight is 361 g/mol. The predicted octanol–water partition coefficient (Wildman–Crippen LogP) is 5.17. The Bertz CT molecular complexity index is 327. The fraction of sp³-hybridized carbons (Fsp3) is 0.941. The van der Waals surface area contributed by atoms with Crippen LogP contribution in [0, 0.1) is 23.2 Å². The molecular formula is C17H29BrO3. The van der Waals surface area contributed by atoms with Gasteiger partial charge < -0.3 is 9.47 Å². The third kappa shape index (κ3) is 5.46. The summed E-state index contributed by atoms with van der Waals surface area (Å²) < 4.78 is 10.5. The Morgan fingerprint density at radius 1 is 1.14 bits per heavy atom. The largest absolute Gasteiger partial charge is 0.508 e. The molecule has 0 aromatic carbocycles. The molecule has 0 saturated heterocycles. The zero-order valence-corrected chi connectivity index (χ0v) is 15.0. The molecule has 0 radical (unpaired) electrons. The van der Waals surface area contributed by atoms with Crippen LogP contribution in [0.2, 0.25) is 0 Å². The van der Waals surface area contributed by atoms with Crippen molar-refractivity contribution in [3.05, 3.63) is 0 Å². The maximum Gasteiger partial charge on any atom is 0.508 e. The van der Waals surface area contributed by atoms with Crippen LogP contribution in [0.3, 0.4) is 0 Å². The Labute approximate surface area is 137 Å².